The number of amides is 1. The van der Waals surface area contributed by atoms with E-state index in [4.69, 9.17) is 4.74 Å². The van der Waals surface area contributed by atoms with Crippen LogP contribution in [0.1, 0.15) is 19.3 Å². The Morgan fingerprint density at radius 2 is 1.67 bits per heavy atom. The summed E-state index contributed by atoms with van der Waals surface area (Å²) in [7, 11) is -3.47. The highest BCUT2D eigenvalue weighted by atomic mass is 32.2. The van der Waals surface area contributed by atoms with Gasteiger partial charge in [-0.25, -0.2) is 8.42 Å². The summed E-state index contributed by atoms with van der Waals surface area (Å²) in [6.45, 7) is 1.73. The van der Waals surface area contributed by atoms with Crippen LogP contribution in [0.15, 0.2) is 46.0 Å². The second-order valence-corrected chi connectivity index (χ2v) is 11.3. The number of benzene rings is 1. The fourth-order valence-electron chi connectivity index (χ4n) is 4.27. The molecule has 4 rings (SSSR count). The molecule has 0 saturated carbocycles. The Morgan fingerprint density at radius 3 is 2.27 bits per heavy atom. The number of sulfonamides is 1. The predicted octanol–water partition coefficient (Wildman–Crippen LogP) is 3.73. The summed E-state index contributed by atoms with van der Waals surface area (Å²) in [4.78, 5) is 14.3. The van der Waals surface area contributed by atoms with E-state index in [1.54, 1.807) is 22.4 Å². The van der Waals surface area contributed by atoms with Crippen LogP contribution >= 0.6 is 11.3 Å². The molecular formula is C21H23F3N2O5S2. The lowest BCUT2D eigenvalue weighted by Gasteiger charge is -2.38. The standard InChI is InChI=1S/C21H23F3N2O5S2/c22-21(23,24)31-17-5-3-16(4-6-17)30-14-18(27)25-10-7-20(15-25)8-11-26(12-9-20)33(28,29)19-2-1-13-32-19/h1-6,13H,7-12,14-15H2. The Kier molecular flexibility index (Phi) is 6.61. The minimum Gasteiger partial charge on any atom is -0.484 e. The first-order valence-electron chi connectivity index (χ1n) is 10.4. The van der Waals surface area contributed by atoms with Crippen LogP contribution in [-0.4, -0.2) is 62.7 Å². The van der Waals surface area contributed by atoms with Crippen molar-refractivity contribution in [2.24, 2.45) is 5.41 Å². The third-order valence-corrected chi connectivity index (χ3v) is 9.35. The summed E-state index contributed by atoms with van der Waals surface area (Å²) in [5.74, 6) is -0.315. The molecule has 0 atom stereocenters. The summed E-state index contributed by atoms with van der Waals surface area (Å²) in [5.41, 5.74) is -0.103. The fourth-order valence-corrected chi connectivity index (χ4v) is 6.85. The zero-order chi connectivity index (χ0) is 23.7. The highest BCUT2D eigenvalue weighted by molar-refractivity contribution is 7.91. The van der Waals surface area contributed by atoms with Crippen LogP contribution in [0.2, 0.25) is 0 Å². The van der Waals surface area contributed by atoms with Gasteiger partial charge in [0.1, 0.15) is 15.7 Å². The molecule has 0 bridgehead atoms. The molecule has 2 aliphatic heterocycles. The van der Waals surface area contributed by atoms with E-state index in [2.05, 4.69) is 4.74 Å². The van der Waals surface area contributed by atoms with E-state index in [-0.39, 0.29) is 29.4 Å². The minimum atomic E-state index is -4.77. The minimum absolute atomic E-state index is 0.103. The lowest BCUT2D eigenvalue weighted by atomic mass is 9.78. The molecule has 180 valence electrons. The van der Waals surface area contributed by atoms with Crippen LogP contribution < -0.4 is 9.47 Å². The van der Waals surface area contributed by atoms with Crippen molar-refractivity contribution in [1.82, 2.24) is 9.21 Å². The number of alkyl halides is 3. The molecule has 1 amide bonds. The summed E-state index contributed by atoms with van der Waals surface area (Å²) in [6.07, 6.45) is -2.60. The number of carbonyl (C=O) groups excluding carboxylic acids is 1. The van der Waals surface area contributed by atoms with Crippen molar-refractivity contribution in [2.45, 2.75) is 29.8 Å². The summed E-state index contributed by atoms with van der Waals surface area (Å²) < 4.78 is 73.2. The van der Waals surface area contributed by atoms with E-state index >= 15 is 0 Å². The van der Waals surface area contributed by atoms with Crippen molar-refractivity contribution in [3.63, 3.8) is 0 Å². The van der Waals surface area contributed by atoms with Gasteiger partial charge in [-0.3, -0.25) is 4.79 Å². The van der Waals surface area contributed by atoms with Crippen molar-refractivity contribution in [2.75, 3.05) is 32.8 Å². The number of hydrogen-bond acceptors (Lipinski definition) is 6. The third-order valence-electron chi connectivity index (χ3n) is 6.08. The Hall–Kier alpha value is -2.31. The Labute approximate surface area is 193 Å². The number of piperidine rings is 1. The summed E-state index contributed by atoms with van der Waals surface area (Å²) in [5, 5.41) is 1.74. The zero-order valence-corrected chi connectivity index (χ0v) is 19.2. The topological polar surface area (TPSA) is 76.2 Å². The van der Waals surface area contributed by atoms with E-state index in [1.165, 1.54) is 27.8 Å². The van der Waals surface area contributed by atoms with E-state index in [0.717, 1.165) is 18.6 Å². The molecule has 2 fully saturated rings. The SMILES string of the molecule is O=C(COc1ccc(OC(F)(F)F)cc1)N1CCC2(CCN(S(=O)(=O)c3cccs3)CC2)C1. The second-order valence-electron chi connectivity index (χ2n) is 8.21. The molecule has 2 aliphatic rings. The van der Waals surface area contributed by atoms with Gasteiger partial charge in [-0.15, -0.1) is 24.5 Å². The van der Waals surface area contributed by atoms with Crippen LogP contribution in [0.5, 0.6) is 11.5 Å². The fraction of sp³-hybridized carbons (Fsp3) is 0.476. The Balaban J connectivity index is 1.26. The van der Waals surface area contributed by atoms with E-state index in [1.807, 2.05) is 0 Å². The van der Waals surface area contributed by atoms with Crippen molar-refractivity contribution >= 4 is 27.3 Å². The highest BCUT2D eigenvalue weighted by Crippen LogP contribution is 2.41. The Bertz CT molecular complexity index is 1060. The number of halogens is 3. The normalized spacial score (nSPS) is 19.1. The molecule has 0 N–H and O–H groups in total. The van der Waals surface area contributed by atoms with Gasteiger partial charge in [0.15, 0.2) is 6.61 Å². The van der Waals surface area contributed by atoms with Gasteiger partial charge < -0.3 is 14.4 Å². The largest absolute Gasteiger partial charge is 0.573 e. The van der Waals surface area contributed by atoms with Crippen LogP contribution in [0.25, 0.3) is 0 Å². The van der Waals surface area contributed by atoms with Gasteiger partial charge in [0.25, 0.3) is 15.9 Å². The van der Waals surface area contributed by atoms with Crippen LogP contribution in [0.4, 0.5) is 13.2 Å². The third kappa shape index (κ3) is 5.61. The van der Waals surface area contributed by atoms with E-state index in [0.29, 0.717) is 43.2 Å². The average molecular weight is 505 g/mol. The van der Waals surface area contributed by atoms with Gasteiger partial charge in [-0.1, -0.05) is 6.07 Å². The van der Waals surface area contributed by atoms with Crippen molar-refractivity contribution in [1.29, 1.82) is 0 Å². The van der Waals surface area contributed by atoms with Gasteiger partial charge in [0.2, 0.25) is 0 Å². The predicted molar refractivity (Wildman–Crippen MR) is 115 cm³/mol. The number of ether oxygens (including phenoxy) is 2. The van der Waals surface area contributed by atoms with Gasteiger partial charge in [-0.2, -0.15) is 4.31 Å². The molecule has 1 spiro atoms. The van der Waals surface area contributed by atoms with Crippen LogP contribution in [0.3, 0.4) is 0 Å². The lowest BCUT2D eigenvalue weighted by molar-refractivity contribution is -0.274. The van der Waals surface area contributed by atoms with E-state index < -0.39 is 16.4 Å². The smallest absolute Gasteiger partial charge is 0.484 e. The molecule has 3 heterocycles. The zero-order valence-electron chi connectivity index (χ0n) is 17.6. The Morgan fingerprint density at radius 1 is 1.03 bits per heavy atom. The van der Waals surface area contributed by atoms with Gasteiger partial charge in [0, 0.05) is 26.2 Å². The molecule has 2 saturated heterocycles. The molecule has 0 radical (unpaired) electrons. The van der Waals surface area contributed by atoms with Crippen LogP contribution in [-0.2, 0) is 14.8 Å². The molecule has 1 aromatic heterocycles. The maximum Gasteiger partial charge on any atom is 0.573 e. The first kappa shape index (κ1) is 23.8. The number of likely N-dealkylation sites (tertiary alicyclic amines) is 1. The molecule has 12 heteroatoms. The maximum absolute atomic E-state index is 12.7. The average Bonchev–Trinajstić information content (AvgIpc) is 3.44. The number of thiophene rings is 1. The van der Waals surface area contributed by atoms with E-state index in [9.17, 15) is 26.4 Å². The maximum atomic E-state index is 12.7. The monoisotopic (exact) mass is 504 g/mol. The summed E-state index contributed by atoms with van der Waals surface area (Å²) in [6, 6.07) is 8.19. The number of rotatable bonds is 6. The van der Waals surface area contributed by atoms with Crippen LogP contribution in [0, 0.1) is 5.41 Å². The van der Waals surface area contributed by atoms with Crippen molar-refractivity contribution in [3.05, 3.63) is 41.8 Å². The molecule has 0 unspecified atom stereocenters. The number of nitrogens with zero attached hydrogens (tertiary/aromatic N) is 2. The molecule has 7 nitrogen and oxygen atoms in total. The van der Waals surface area contributed by atoms with Gasteiger partial charge in [-0.05, 0) is 60.4 Å². The molecular weight excluding hydrogens is 481 g/mol. The number of hydrogen-bond donors (Lipinski definition) is 0. The molecule has 0 aliphatic carbocycles. The summed E-state index contributed by atoms with van der Waals surface area (Å²) >= 11 is 1.20. The first-order chi connectivity index (χ1) is 15.6. The quantitative estimate of drug-likeness (QED) is 0.599. The van der Waals surface area contributed by atoms with Gasteiger partial charge >= 0.3 is 6.36 Å². The molecule has 2 aromatic rings. The second kappa shape index (κ2) is 9.15. The highest BCUT2D eigenvalue weighted by Gasteiger charge is 2.44. The van der Waals surface area contributed by atoms with Crippen molar-refractivity contribution < 1.29 is 35.9 Å². The van der Waals surface area contributed by atoms with Crippen molar-refractivity contribution in [3.8, 4) is 11.5 Å². The lowest BCUT2D eigenvalue weighted by Crippen LogP contribution is -2.44. The number of carbonyl (C=O) groups is 1. The van der Waals surface area contributed by atoms with Gasteiger partial charge in [0.05, 0.1) is 0 Å². The molecule has 1 aromatic carbocycles. The molecule has 33 heavy (non-hydrogen) atoms. The first-order valence-corrected chi connectivity index (χ1v) is 12.7.